The maximum atomic E-state index is 12.4. The zero-order valence-electron chi connectivity index (χ0n) is 14.8. The number of carbonyl (C=O) groups excluding carboxylic acids is 2. The van der Waals surface area contributed by atoms with Crippen molar-refractivity contribution in [2.45, 2.75) is 39.2 Å². The van der Waals surface area contributed by atoms with E-state index in [2.05, 4.69) is 19.2 Å². The van der Waals surface area contributed by atoms with E-state index in [-0.39, 0.29) is 18.6 Å². The number of fused-ring (bicyclic) bond motifs is 1. The molecule has 0 aliphatic heterocycles. The molecule has 0 spiro atoms. The number of amides is 1. The fraction of sp³-hybridized carbons (Fsp3) is 0.429. The first-order chi connectivity index (χ1) is 12.1. The third-order valence-electron chi connectivity index (χ3n) is 5.40. The van der Waals surface area contributed by atoms with Crippen molar-refractivity contribution in [1.82, 2.24) is 5.32 Å². The standard InChI is InChI=1S/C21H25NO3/c1-14-7-5-12-19(15(14)2)22-20(23)13-25-21(24)18-11-6-9-16-8-3-4-10-17(16)18/h3-4,6,8-11,14-15,19H,5,7,12-13H2,1-2H3,(H,22,23). The first kappa shape index (κ1) is 17.5. The van der Waals surface area contributed by atoms with Crippen LogP contribution < -0.4 is 5.32 Å². The molecular formula is C21H25NO3. The van der Waals surface area contributed by atoms with Crippen LogP contribution in [0.1, 0.15) is 43.5 Å². The Hall–Kier alpha value is -2.36. The van der Waals surface area contributed by atoms with Gasteiger partial charge in [0.1, 0.15) is 0 Å². The summed E-state index contributed by atoms with van der Waals surface area (Å²) in [5.74, 6) is 0.375. The topological polar surface area (TPSA) is 55.4 Å². The van der Waals surface area contributed by atoms with Crippen molar-refractivity contribution < 1.29 is 14.3 Å². The number of benzene rings is 2. The van der Waals surface area contributed by atoms with Crippen LogP contribution in [0.5, 0.6) is 0 Å². The maximum Gasteiger partial charge on any atom is 0.339 e. The summed E-state index contributed by atoms with van der Waals surface area (Å²) in [7, 11) is 0. The molecule has 1 saturated carbocycles. The largest absolute Gasteiger partial charge is 0.452 e. The minimum absolute atomic E-state index is 0.174. The molecule has 1 aliphatic carbocycles. The number of rotatable bonds is 4. The quantitative estimate of drug-likeness (QED) is 0.859. The molecule has 1 aliphatic rings. The van der Waals surface area contributed by atoms with E-state index in [0.717, 1.165) is 23.6 Å². The second kappa shape index (κ2) is 7.68. The van der Waals surface area contributed by atoms with Gasteiger partial charge in [-0.3, -0.25) is 4.79 Å². The van der Waals surface area contributed by atoms with Crippen LogP contribution in [0, 0.1) is 11.8 Å². The minimum atomic E-state index is -0.461. The Labute approximate surface area is 148 Å². The average Bonchev–Trinajstić information content (AvgIpc) is 2.63. The van der Waals surface area contributed by atoms with Crippen LogP contribution in [0.3, 0.4) is 0 Å². The fourth-order valence-corrected chi connectivity index (χ4v) is 3.65. The van der Waals surface area contributed by atoms with Gasteiger partial charge in [0.15, 0.2) is 6.61 Å². The summed E-state index contributed by atoms with van der Waals surface area (Å²) in [6.45, 7) is 4.17. The molecule has 0 radical (unpaired) electrons. The van der Waals surface area contributed by atoms with Gasteiger partial charge in [0, 0.05) is 6.04 Å². The molecule has 1 N–H and O–H groups in total. The van der Waals surface area contributed by atoms with Crippen molar-refractivity contribution in [1.29, 1.82) is 0 Å². The minimum Gasteiger partial charge on any atom is -0.452 e. The molecule has 2 aromatic carbocycles. The van der Waals surface area contributed by atoms with E-state index in [1.165, 1.54) is 6.42 Å². The highest BCUT2D eigenvalue weighted by Gasteiger charge is 2.28. The van der Waals surface area contributed by atoms with Crippen LogP contribution in [0.4, 0.5) is 0 Å². The molecule has 0 bridgehead atoms. The van der Waals surface area contributed by atoms with Gasteiger partial charge in [0.2, 0.25) is 0 Å². The van der Waals surface area contributed by atoms with Gasteiger partial charge in [-0.05, 0) is 35.1 Å². The highest BCUT2D eigenvalue weighted by Crippen LogP contribution is 2.29. The van der Waals surface area contributed by atoms with Gasteiger partial charge in [0.05, 0.1) is 5.56 Å². The van der Waals surface area contributed by atoms with E-state index < -0.39 is 5.97 Å². The first-order valence-electron chi connectivity index (χ1n) is 9.00. The van der Waals surface area contributed by atoms with Gasteiger partial charge >= 0.3 is 5.97 Å². The summed E-state index contributed by atoms with van der Waals surface area (Å²) in [5, 5.41) is 4.84. The number of hydrogen-bond acceptors (Lipinski definition) is 3. The van der Waals surface area contributed by atoms with Crippen molar-refractivity contribution in [3.63, 3.8) is 0 Å². The fourth-order valence-electron chi connectivity index (χ4n) is 3.65. The second-order valence-corrected chi connectivity index (χ2v) is 7.04. The average molecular weight is 339 g/mol. The monoisotopic (exact) mass is 339 g/mol. The molecule has 4 nitrogen and oxygen atoms in total. The van der Waals surface area contributed by atoms with E-state index in [1.54, 1.807) is 6.07 Å². The Kier molecular flexibility index (Phi) is 5.37. The molecular weight excluding hydrogens is 314 g/mol. The number of esters is 1. The van der Waals surface area contributed by atoms with E-state index in [0.29, 0.717) is 17.4 Å². The third kappa shape index (κ3) is 4.01. The van der Waals surface area contributed by atoms with E-state index >= 15 is 0 Å². The molecule has 0 aromatic heterocycles. The number of hydrogen-bond donors (Lipinski definition) is 1. The Morgan fingerprint density at radius 3 is 2.68 bits per heavy atom. The zero-order valence-corrected chi connectivity index (χ0v) is 14.8. The molecule has 2 aromatic rings. The molecule has 3 atom stereocenters. The summed E-state index contributed by atoms with van der Waals surface area (Å²) in [5.41, 5.74) is 0.491. The van der Waals surface area contributed by atoms with Crippen molar-refractivity contribution >= 4 is 22.6 Å². The van der Waals surface area contributed by atoms with Crippen LogP contribution in [-0.4, -0.2) is 24.5 Å². The van der Waals surface area contributed by atoms with Crippen LogP contribution >= 0.6 is 0 Å². The van der Waals surface area contributed by atoms with Crippen molar-refractivity contribution in [2.24, 2.45) is 11.8 Å². The lowest BCUT2D eigenvalue weighted by Crippen LogP contribution is -2.45. The van der Waals surface area contributed by atoms with E-state index in [4.69, 9.17) is 4.74 Å². The van der Waals surface area contributed by atoms with Crippen LogP contribution in [-0.2, 0) is 9.53 Å². The molecule has 1 amide bonds. The van der Waals surface area contributed by atoms with Gasteiger partial charge in [0.25, 0.3) is 5.91 Å². The molecule has 132 valence electrons. The molecule has 25 heavy (non-hydrogen) atoms. The summed E-state index contributed by atoms with van der Waals surface area (Å²) < 4.78 is 5.25. The lowest BCUT2D eigenvalue weighted by Gasteiger charge is -2.34. The summed E-state index contributed by atoms with van der Waals surface area (Å²) >= 11 is 0. The van der Waals surface area contributed by atoms with Crippen molar-refractivity contribution in [2.75, 3.05) is 6.61 Å². The maximum absolute atomic E-state index is 12.4. The first-order valence-corrected chi connectivity index (χ1v) is 9.00. The Bertz CT molecular complexity index is 765. The molecule has 1 fully saturated rings. The van der Waals surface area contributed by atoms with Gasteiger partial charge in [-0.15, -0.1) is 0 Å². The molecule has 3 unspecified atom stereocenters. The van der Waals surface area contributed by atoms with E-state index in [1.807, 2.05) is 36.4 Å². The molecule has 3 rings (SSSR count). The normalized spacial score (nSPS) is 23.2. The highest BCUT2D eigenvalue weighted by atomic mass is 16.5. The lowest BCUT2D eigenvalue weighted by atomic mass is 9.78. The summed E-state index contributed by atoms with van der Waals surface area (Å²) in [4.78, 5) is 24.5. The SMILES string of the molecule is CC1CCCC(NC(=O)COC(=O)c2cccc3ccccc23)C1C. The van der Waals surface area contributed by atoms with Crippen LogP contribution in [0.15, 0.2) is 42.5 Å². The van der Waals surface area contributed by atoms with Crippen molar-refractivity contribution in [3.05, 3.63) is 48.0 Å². The van der Waals surface area contributed by atoms with Gasteiger partial charge < -0.3 is 10.1 Å². The predicted octanol–water partition coefficient (Wildman–Crippen LogP) is 3.94. The highest BCUT2D eigenvalue weighted by molar-refractivity contribution is 6.04. The number of ether oxygens (including phenoxy) is 1. The number of nitrogens with one attached hydrogen (secondary N) is 1. The third-order valence-corrected chi connectivity index (χ3v) is 5.40. The molecule has 0 heterocycles. The second-order valence-electron chi connectivity index (χ2n) is 7.04. The number of carbonyl (C=O) groups is 2. The lowest BCUT2D eigenvalue weighted by molar-refractivity contribution is -0.125. The Balaban J connectivity index is 1.59. The summed E-state index contributed by atoms with van der Waals surface area (Å²) in [6, 6.07) is 13.3. The van der Waals surface area contributed by atoms with Crippen molar-refractivity contribution in [3.8, 4) is 0 Å². The van der Waals surface area contributed by atoms with E-state index in [9.17, 15) is 9.59 Å². The smallest absolute Gasteiger partial charge is 0.339 e. The predicted molar refractivity (Wildman–Crippen MR) is 98.3 cm³/mol. The Morgan fingerprint density at radius 2 is 1.84 bits per heavy atom. The molecule has 4 heteroatoms. The van der Waals surface area contributed by atoms with Crippen LogP contribution in [0.25, 0.3) is 10.8 Å². The van der Waals surface area contributed by atoms with Gasteiger partial charge in [-0.2, -0.15) is 0 Å². The zero-order chi connectivity index (χ0) is 17.8. The molecule has 0 saturated heterocycles. The van der Waals surface area contributed by atoms with Gasteiger partial charge in [-0.25, -0.2) is 4.79 Å². The Morgan fingerprint density at radius 1 is 1.08 bits per heavy atom. The van der Waals surface area contributed by atoms with Crippen LogP contribution in [0.2, 0.25) is 0 Å². The van der Waals surface area contributed by atoms with Gasteiger partial charge in [-0.1, -0.05) is 63.1 Å². The summed E-state index contributed by atoms with van der Waals surface area (Å²) in [6.07, 6.45) is 3.34.